The van der Waals surface area contributed by atoms with Crippen LogP contribution in [0.3, 0.4) is 0 Å². The van der Waals surface area contributed by atoms with E-state index in [2.05, 4.69) is 26.8 Å². The van der Waals surface area contributed by atoms with E-state index in [1.54, 1.807) is 30.3 Å². The second-order valence-electron chi connectivity index (χ2n) is 7.58. The maximum atomic E-state index is 12.9. The summed E-state index contributed by atoms with van der Waals surface area (Å²) in [4.78, 5) is 9.14. The van der Waals surface area contributed by atoms with Crippen molar-refractivity contribution in [2.24, 2.45) is 0 Å². The summed E-state index contributed by atoms with van der Waals surface area (Å²) in [5, 5.41) is 0. The minimum absolute atomic E-state index is 0.0901. The zero-order valence-electron chi connectivity index (χ0n) is 17.9. The number of anilines is 1. The number of ether oxygens (including phenoxy) is 1. The summed E-state index contributed by atoms with van der Waals surface area (Å²) in [6.07, 6.45) is 2.73. The summed E-state index contributed by atoms with van der Waals surface area (Å²) in [6.45, 7) is 2.32. The molecule has 0 unspecified atom stereocenters. The Bertz CT molecular complexity index is 1290. The standard InChI is InChI=1S/C25H25N3O3S/c1-19-14-16-21(17-15-19)32(29,30)28-24-25(27-23-13-6-5-12-22(23)26-24)31-18-8-7-11-20-9-3-2-4-10-20/h2-6,9-10,12-17H,7-8,11,18H2,1H3,(H,26,28). The number of aryl methyl sites for hydroxylation is 2. The third-order valence-corrected chi connectivity index (χ3v) is 6.40. The van der Waals surface area contributed by atoms with Crippen molar-refractivity contribution in [3.63, 3.8) is 0 Å². The van der Waals surface area contributed by atoms with Gasteiger partial charge in [0.25, 0.3) is 15.9 Å². The van der Waals surface area contributed by atoms with Gasteiger partial charge in [0.15, 0.2) is 0 Å². The van der Waals surface area contributed by atoms with E-state index in [4.69, 9.17) is 4.74 Å². The lowest BCUT2D eigenvalue weighted by Crippen LogP contribution is -2.16. The second-order valence-corrected chi connectivity index (χ2v) is 9.26. The largest absolute Gasteiger partial charge is 0.475 e. The van der Waals surface area contributed by atoms with Crippen molar-refractivity contribution >= 4 is 26.9 Å². The van der Waals surface area contributed by atoms with Crippen LogP contribution in [0.4, 0.5) is 5.82 Å². The van der Waals surface area contributed by atoms with Crippen LogP contribution in [0, 0.1) is 6.92 Å². The first-order valence-electron chi connectivity index (χ1n) is 10.5. The summed E-state index contributed by atoms with van der Waals surface area (Å²) >= 11 is 0. The Morgan fingerprint density at radius 2 is 1.47 bits per heavy atom. The quantitative estimate of drug-likeness (QED) is 0.359. The molecule has 1 heterocycles. The Morgan fingerprint density at radius 3 is 2.19 bits per heavy atom. The number of benzene rings is 3. The van der Waals surface area contributed by atoms with Crippen LogP contribution < -0.4 is 9.46 Å². The lowest BCUT2D eigenvalue weighted by molar-refractivity contribution is 0.297. The molecule has 0 fully saturated rings. The van der Waals surface area contributed by atoms with Gasteiger partial charge in [-0.3, -0.25) is 4.72 Å². The molecule has 4 rings (SSSR count). The smallest absolute Gasteiger partial charge is 0.263 e. The number of unbranched alkanes of at least 4 members (excludes halogenated alkanes) is 1. The van der Waals surface area contributed by atoms with Crippen molar-refractivity contribution in [3.05, 3.63) is 90.0 Å². The molecule has 0 bridgehead atoms. The summed E-state index contributed by atoms with van der Waals surface area (Å²) in [5.41, 5.74) is 3.49. The molecule has 164 valence electrons. The molecule has 0 spiro atoms. The third kappa shape index (κ3) is 5.42. The summed E-state index contributed by atoms with van der Waals surface area (Å²) in [7, 11) is -3.83. The molecule has 3 aromatic carbocycles. The highest BCUT2D eigenvalue weighted by Gasteiger charge is 2.19. The van der Waals surface area contributed by atoms with Crippen LogP contribution >= 0.6 is 0 Å². The molecular weight excluding hydrogens is 422 g/mol. The van der Waals surface area contributed by atoms with E-state index in [1.165, 1.54) is 5.56 Å². The van der Waals surface area contributed by atoms with Gasteiger partial charge in [0, 0.05) is 0 Å². The van der Waals surface area contributed by atoms with E-state index in [1.807, 2.05) is 43.3 Å². The van der Waals surface area contributed by atoms with Gasteiger partial charge in [-0.05, 0) is 56.0 Å². The molecule has 1 aromatic heterocycles. The SMILES string of the molecule is Cc1ccc(S(=O)(=O)Nc2nc3ccccc3nc2OCCCCc2ccccc2)cc1. The normalized spacial score (nSPS) is 11.4. The Kier molecular flexibility index (Phi) is 6.66. The summed E-state index contributed by atoms with van der Waals surface area (Å²) < 4.78 is 34.2. The fraction of sp³-hybridized carbons (Fsp3) is 0.200. The van der Waals surface area contributed by atoms with Crippen LogP contribution in [0.1, 0.15) is 24.0 Å². The van der Waals surface area contributed by atoms with Gasteiger partial charge < -0.3 is 4.74 Å². The lowest BCUT2D eigenvalue weighted by Gasteiger charge is -2.13. The molecule has 0 saturated carbocycles. The van der Waals surface area contributed by atoms with Crippen LogP contribution in [0.2, 0.25) is 0 Å². The predicted octanol–water partition coefficient (Wildman–Crippen LogP) is 5.14. The first-order chi connectivity index (χ1) is 15.5. The summed E-state index contributed by atoms with van der Waals surface area (Å²) in [5.74, 6) is 0.270. The first-order valence-corrected chi connectivity index (χ1v) is 12.0. The number of sulfonamides is 1. The molecular formula is C25H25N3O3S. The van der Waals surface area contributed by atoms with Crippen LogP contribution in [0.15, 0.2) is 83.8 Å². The number of rotatable bonds is 9. The van der Waals surface area contributed by atoms with E-state index < -0.39 is 10.0 Å². The van der Waals surface area contributed by atoms with Gasteiger partial charge in [-0.2, -0.15) is 0 Å². The third-order valence-electron chi connectivity index (χ3n) is 5.04. The Morgan fingerprint density at radius 1 is 0.812 bits per heavy atom. The minimum Gasteiger partial charge on any atom is -0.475 e. The molecule has 0 amide bonds. The number of nitrogens with one attached hydrogen (secondary N) is 1. The zero-order chi connectivity index (χ0) is 22.4. The van der Waals surface area contributed by atoms with E-state index in [0.29, 0.717) is 17.6 Å². The van der Waals surface area contributed by atoms with Gasteiger partial charge in [-0.1, -0.05) is 60.2 Å². The van der Waals surface area contributed by atoms with Crippen molar-refractivity contribution in [2.45, 2.75) is 31.1 Å². The van der Waals surface area contributed by atoms with Crippen molar-refractivity contribution < 1.29 is 13.2 Å². The van der Waals surface area contributed by atoms with Crippen molar-refractivity contribution in [1.29, 1.82) is 0 Å². The number of para-hydroxylation sites is 2. The number of hydrogen-bond donors (Lipinski definition) is 1. The topological polar surface area (TPSA) is 81.2 Å². The number of aromatic nitrogens is 2. The monoisotopic (exact) mass is 447 g/mol. The molecule has 0 aliphatic rings. The van der Waals surface area contributed by atoms with Crippen LogP contribution in [-0.2, 0) is 16.4 Å². The lowest BCUT2D eigenvalue weighted by atomic mass is 10.1. The van der Waals surface area contributed by atoms with Crippen LogP contribution in [0.5, 0.6) is 5.88 Å². The van der Waals surface area contributed by atoms with E-state index in [0.717, 1.165) is 24.8 Å². The Hall–Kier alpha value is -3.45. The van der Waals surface area contributed by atoms with Gasteiger partial charge in [-0.15, -0.1) is 0 Å². The van der Waals surface area contributed by atoms with Crippen LogP contribution in [-0.4, -0.2) is 25.0 Å². The maximum absolute atomic E-state index is 12.9. The fourth-order valence-corrected chi connectivity index (χ4v) is 4.30. The first kappa shape index (κ1) is 21.8. The van der Waals surface area contributed by atoms with Crippen LogP contribution in [0.25, 0.3) is 11.0 Å². The Balaban J connectivity index is 1.50. The maximum Gasteiger partial charge on any atom is 0.263 e. The second kappa shape index (κ2) is 9.78. The molecule has 1 N–H and O–H groups in total. The molecule has 0 aliphatic carbocycles. The highest BCUT2D eigenvalue weighted by atomic mass is 32.2. The molecule has 7 heteroatoms. The Labute approximate surface area is 188 Å². The highest BCUT2D eigenvalue weighted by molar-refractivity contribution is 7.92. The predicted molar refractivity (Wildman–Crippen MR) is 126 cm³/mol. The van der Waals surface area contributed by atoms with E-state index in [9.17, 15) is 8.42 Å². The number of nitrogens with zero attached hydrogens (tertiary/aromatic N) is 2. The van der Waals surface area contributed by atoms with E-state index >= 15 is 0 Å². The van der Waals surface area contributed by atoms with E-state index in [-0.39, 0.29) is 16.6 Å². The molecule has 0 atom stereocenters. The number of fused-ring (bicyclic) bond motifs is 1. The molecule has 0 saturated heterocycles. The van der Waals surface area contributed by atoms with Crippen molar-refractivity contribution in [2.75, 3.05) is 11.3 Å². The average Bonchev–Trinajstić information content (AvgIpc) is 2.80. The molecule has 0 aliphatic heterocycles. The number of hydrogen-bond acceptors (Lipinski definition) is 5. The highest BCUT2D eigenvalue weighted by Crippen LogP contribution is 2.26. The minimum atomic E-state index is -3.83. The van der Waals surface area contributed by atoms with Crippen molar-refractivity contribution in [1.82, 2.24) is 9.97 Å². The molecule has 0 radical (unpaired) electrons. The van der Waals surface area contributed by atoms with Gasteiger partial charge in [0.2, 0.25) is 5.82 Å². The molecule has 4 aromatic rings. The van der Waals surface area contributed by atoms with Gasteiger partial charge in [0.1, 0.15) is 0 Å². The molecule has 6 nitrogen and oxygen atoms in total. The fourth-order valence-electron chi connectivity index (χ4n) is 3.30. The average molecular weight is 448 g/mol. The van der Waals surface area contributed by atoms with Gasteiger partial charge in [0.05, 0.1) is 22.5 Å². The van der Waals surface area contributed by atoms with Crippen molar-refractivity contribution in [3.8, 4) is 5.88 Å². The summed E-state index contributed by atoms with van der Waals surface area (Å²) in [6, 6.07) is 24.2. The van der Waals surface area contributed by atoms with Gasteiger partial charge in [-0.25, -0.2) is 18.4 Å². The molecule has 32 heavy (non-hydrogen) atoms. The zero-order valence-corrected chi connectivity index (χ0v) is 18.7. The van der Waals surface area contributed by atoms with Gasteiger partial charge >= 0.3 is 0 Å².